The van der Waals surface area contributed by atoms with Crippen molar-refractivity contribution >= 4 is 57.2 Å². The summed E-state index contributed by atoms with van der Waals surface area (Å²) in [5.74, 6) is -1.81. The Bertz CT molecular complexity index is 1060. The van der Waals surface area contributed by atoms with Crippen molar-refractivity contribution < 1.29 is 9.59 Å². The zero-order valence-electron chi connectivity index (χ0n) is 14.3. The van der Waals surface area contributed by atoms with Gasteiger partial charge >= 0.3 is 11.8 Å². The molecule has 5 nitrogen and oxygen atoms in total. The molecule has 0 saturated carbocycles. The topological polar surface area (TPSA) is 70.6 Å². The molecule has 3 aromatic carbocycles. The Balaban J connectivity index is 1.69. The first-order chi connectivity index (χ1) is 12.9. The number of nitrogens with one attached hydrogen (secondary N) is 2. The van der Waals surface area contributed by atoms with Crippen LogP contribution in [0.5, 0.6) is 0 Å². The van der Waals surface area contributed by atoms with E-state index in [1.54, 1.807) is 13.0 Å². The zero-order valence-corrected chi connectivity index (χ0v) is 15.8. The van der Waals surface area contributed by atoms with Gasteiger partial charge in [-0.05, 0) is 47.5 Å². The molecule has 2 N–H and O–H groups in total. The first kappa shape index (κ1) is 18.9. The summed E-state index contributed by atoms with van der Waals surface area (Å²) in [6.07, 6.45) is 0. The fourth-order valence-electron chi connectivity index (χ4n) is 2.44. The maximum Gasteiger partial charge on any atom is 0.329 e. The van der Waals surface area contributed by atoms with Crippen molar-refractivity contribution in [2.24, 2.45) is 5.10 Å². The van der Waals surface area contributed by atoms with Gasteiger partial charge in [0.05, 0.1) is 16.4 Å². The van der Waals surface area contributed by atoms with Crippen molar-refractivity contribution in [3.8, 4) is 0 Å². The normalized spacial score (nSPS) is 11.3. The van der Waals surface area contributed by atoms with Crippen LogP contribution in [0.15, 0.2) is 65.8 Å². The van der Waals surface area contributed by atoms with Crippen LogP contribution >= 0.6 is 23.2 Å². The van der Waals surface area contributed by atoms with Gasteiger partial charge in [0.25, 0.3) is 0 Å². The lowest BCUT2D eigenvalue weighted by atomic mass is 10.0. The minimum Gasteiger partial charge on any atom is -0.316 e. The maximum atomic E-state index is 12.0. The second-order valence-electron chi connectivity index (χ2n) is 5.78. The van der Waals surface area contributed by atoms with Gasteiger partial charge in [0, 0.05) is 5.02 Å². The van der Waals surface area contributed by atoms with Crippen molar-refractivity contribution in [1.29, 1.82) is 0 Å². The Kier molecular flexibility index (Phi) is 5.74. The van der Waals surface area contributed by atoms with Crippen molar-refractivity contribution in [2.75, 3.05) is 5.32 Å². The van der Waals surface area contributed by atoms with Crippen molar-refractivity contribution in [3.63, 3.8) is 0 Å². The number of hydrazone groups is 1. The Morgan fingerprint density at radius 3 is 2.41 bits per heavy atom. The summed E-state index contributed by atoms with van der Waals surface area (Å²) in [4.78, 5) is 24.0. The molecule has 3 aromatic rings. The van der Waals surface area contributed by atoms with E-state index in [0.717, 1.165) is 16.3 Å². The number of benzene rings is 3. The van der Waals surface area contributed by atoms with Crippen LogP contribution in [0, 0.1) is 0 Å². The molecule has 0 unspecified atom stereocenters. The number of nitrogens with zero attached hydrogens (tertiary/aromatic N) is 1. The van der Waals surface area contributed by atoms with E-state index in [1.165, 1.54) is 12.1 Å². The number of hydrogen-bond acceptors (Lipinski definition) is 3. The summed E-state index contributed by atoms with van der Waals surface area (Å²) in [5, 5.41) is 9.23. The summed E-state index contributed by atoms with van der Waals surface area (Å²) in [6, 6.07) is 18.3. The quantitative estimate of drug-likeness (QED) is 0.383. The summed E-state index contributed by atoms with van der Waals surface area (Å²) in [7, 11) is 0. The van der Waals surface area contributed by atoms with E-state index >= 15 is 0 Å². The third-order valence-electron chi connectivity index (χ3n) is 3.88. The Morgan fingerprint density at radius 2 is 1.63 bits per heavy atom. The smallest absolute Gasteiger partial charge is 0.316 e. The molecule has 0 saturated heterocycles. The molecule has 7 heteroatoms. The lowest BCUT2D eigenvalue weighted by Gasteiger charge is -2.07. The van der Waals surface area contributed by atoms with E-state index < -0.39 is 11.8 Å². The number of halogens is 2. The highest BCUT2D eigenvalue weighted by atomic mass is 35.5. The van der Waals surface area contributed by atoms with Gasteiger partial charge in [0.1, 0.15) is 0 Å². The van der Waals surface area contributed by atoms with Gasteiger partial charge in [-0.3, -0.25) is 9.59 Å². The van der Waals surface area contributed by atoms with Crippen LogP contribution in [-0.4, -0.2) is 17.5 Å². The first-order valence-electron chi connectivity index (χ1n) is 8.04. The lowest BCUT2D eigenvalue weighted by molar-refractivity contribution is -0.136. The molecular formula is C20H15Cl2N3O2. The number of carbonyl (C=O) groups excluding carboxylic acids is 2. The highest BCUT2D eigenvalue weighted by Gasteiger charge is 2.15. The van der Waals surface area contributed by atoms with E-state index in [1.807, 2.05) is 42.5 Å². The van der Waals surface area contributed by atoms with Crippen molar-refractivity contribution in [3.05, 3.63) is 76.3 Å². The Hall–Kier alpha value is -2.89. The van der Waals surface area contributed by atoms with E-state index in [-0.39, 0.29) is 10.7 Å². The van der Waals surface area contributed by atoms with Crippen molar-refractivity contribution in [2.45, 2.75) is 6.92 Å². The molecule has 3 rings (SSSR count). The number of hydrogen-bond donors (Lipinski definition) is 2. The van der Waals surface area contributed by atoms with Crippen LogP contribution < -0.4 is 10.7 Å². The van der Waals surface area contributed by atoms with Gasteiger partial charge in [-0.1, -0.05) is 59.6 Å². The summed E-state index contributed by atoms with van der Waals surface area (Å²) in [6.45, 7) is 1.75. The minimum atomic E-state index is -0.911. The summed E-state index contributed by atoms with van der Waals surface area (Å²) in [5.41, 5.74) is 3.91. The first-order valence-corrected chi connectivity index (χ1v) is 8.79. The predicted molar refractivity (Wildman–Crippen MR) is 109 cm³/mol. The average molecular weight is 400 g/mol. The Morgan fingerprint density at radius 1 is 0.889 bits per heavy atom. The number of carbonyl (C=O) groups is 2. The Labute approximate surface area is 166 Å². The molecule has 0 bridgehead atoms. The molecule has 0 spiro atoms. The average Bonchev–Trinajstić information content (AvgIpc) is 2.68. The van der Waals surface area contributed by atoms with E-state index in [4.69, 9.17) is 23.2 Å². The van der Waals surface area contributed by atoms with Crippen LogP contribution in [0.2, 0.25) is 10.0 Å². The summed E-state index contributed by atoms with van der Waals surface area (Å²) < 4.78 is 0. The monoisotopic (exact) mass is 399 g/mol. The third kappa shape index (κ3) is 4.64. The van der Waals surface area contributed by atoms with Gasteiger partial charge in [0.2, 0.25) is 0 Å². The predicted octanol–water partition coefficient (Wildman–Crippen LogP) is 4.63. The fourth-order valence-corrected chi connectivity index (χ4v) is 2.77. The van der Waals surface area contributed by atoms with Gasteiger partial charge in [0.15, 0.2) is 0 Å². The molecule has 0 fully saturated rings. The van der Waals surface area contributed by atoms with Gasteiger partial charge < -0.3 is 5.32 Å². The zero-order chi connectivity index (χ0) is 19.4. The minimum absolute atomic E-state index is 0.250. The molecule has 0 aliphatic rings. The van der Waals surface area contributed by atoms with Crippen LogP contribution in [0.1, 0.15) is 12.5 Å². The molecule has 0 aromatic heterocycles. The number of anilines is 1. The molecule has 0 aliphatic heterocycles. The van der Waals surface area contributed by atoms with Crippen molar-refractivity contribution in [1.82, 2.24) is 5.43 Å². The van der Waals surface area contributed by atoms with E-state index in [0.29, 0.717) is 10.7 Å². The van der Waals surface area contributed by atoms with E-state index in [2.05, 4.69) is 15.8 Å². The fraction of sp³-hybridized carbons (Fsp3) is 0.0500. The number of amides is 2. The number of fused-ring (bicyclic) bond motifs is 1. The van der Waals surface area contributed by atoms with Crippen LogP contribution in [0.4, 0.5) is 5.69 Å². The van der Waals surface area contributed by atoms with E-state index in [9.17, 15) is 9.59 Å². The standard InChI is InChI=1S/C20H15Cl2N3O2/c1-12(14-7-6-13-4-2-3-5-15(13)10-14)24-25-20(27)19(26)23-18-11-16(21)8-9-17(18)22/h2-11H,1H3,(H,23,26)(H,25,27). The molecule has 136 valence electrons. The molecule has 0 atom stereocenters. The van der Waals surface area contributed by atoms with Gasteiger partial charge in [-0.25, -0.2) is 5.43 Å². The molecule has 0 heterocycles. The molecule has 0 radical (unpaired) electrons. The van der Waals surface area contributed by atoms with Gasteiger partial charge in [-0.15, -0.1) is 0 Å². The molecular weight excluding hydrogens is 385 g/mol. The molecule has 27 heavy (non-hydrogen) atoms. The third-order valence-corrected chi connectivity index (χ3v) is 4.44. The molecule has 2 amide bonds. The second kappa shape index (κ2) is 8.20. The maximum absolute atomic E-state index is 12.0. The van der Waals surface area contributed by atoms with Gasteiger partial charge in [-0.2, -0.15) is 5.10 Å². The SMILES string of the molecule is CC(=NNC(=O)C(=O)Nc1cc(Cl)ccc1Cl)c1ccc2ccccc2c1. The largest absolute Gasteiger partial charge is 0.329 e. The number of rotatable bonds is 3. The highest BCUT2D eigenvalue weighted by molar-refractivity contribution is 6.42. The molecule has 0 aliphatic carbocycles. The second-order valence-corrected chi connectivity index (χ2v) is 6.62. The highest BCUT2D eigenvalue weighted by Crippen LogP contribution is 2.25. The van der Waals surface area contributed by atoms with Crippen LogP contribution in [0.25, 0.3) is 10.8 Å². The lowest BCUT2D eigenvalue weighted by Crippen LogP contribution is -2.33. The van der Waals surface area contributed by atoms with Crippen LogP contribution in [-0.2, 0) is 9.59 Å². The van der Waals surface area contributed by atoms with Crippen LogP contribution in [0.3, 0.4) is 0 Å². The summed E-state index contributed by atoms with van der Waals surface area (Å²) >= 11 is 11.8.